The Morgan fingerprint density at radius 2 is 1.91 bits per heavy atom. The first-order valence-electron chi connectivity index (χ1n) is 11.2. The van der Waals surface area contributed by atoms with Gasteiger partial charge in [-0.3, -0.25) is 9.59 Å². The zero-order valence-electron chi connectivity index (χ0n) is 19.8. The highest BCUT2D eigenvalue weighted by molar-refractivity contribution is 6.47. The van der Waals surface area contributed by atoms with E-state index in [1.807, 2.05) is 20.8 Å². The molecule has 182 valence electrons. The molecule has 1 aliphatic rings. The summed E-state index contributed by atoms with van der Waals surface area (Å²) < 4.78 is 16.5. The van der Waals surface area contributed by atoms with Gasteiger partial charge in [-0.05, 0) is 63.1 Å². The molecule has 2 aromatic rings. The van der Waals surface area contributed by atoms with E-state index >= 15 is 0 Å². The quantitative estimate of drug-likeness (QED) is 0.220. The lowest BCUT2D eigenvalue weighted by Gasteiger charge is -2.26. The molecular weight excluding hydrogens is 458 g/mol. The smallest absolute Gasteiger partial charge is 0.295 e. The van der Waals surface area contributed by atoms with Gasteiger partial charge in [-0.15, -0.1) is 0 Å². The highest BCUT2D eigenvalue weighted by atomic mass is 35.5. The average Bonchev–Trinajstić information content (AvgIpc) is 3.07. The van der Waals surface area contributed by atoms with Crippen molar-refractivity contribution in [3.8, 4) is 11.5 Å². The van der Waals surface area contributed by atoms with Gasteiger partial charge in [-0.1, -0.05) is 23.7 Å². The number of halogens is 1. The number of likely N-dealkylation sites (tertiary alicyclic amines) is 1. The molecule has 0 bridgehead atoms. The summed E-state index contributed by atoms with van der Waals surface area (Å²) in [5.41, 5.74) is 0.835. The van der Waals surface area contributed by atoms with E-state index in [9.17, 15) is 14.7 Å². The summed E-state index contributed by atoms with van der Waals surface area (Å²) in [7, 11) is 1.54. The zero-order chi connectivity index (χ0) is 24.8. The molecule has 2 aromatic carbocycles. The molecule has 0 aromatic heterocycles. The van der Waals surface area contributed by atoms with Crippen molar-refractivity contribution in [2.45, 2.75) is 39.3 Å². The van der Waals surface area contributed by atoms with Gasteiger partial charge in [0.25, 0.3) is 11.7 Å². The van der Waals surface area contributed by atoms with Crippen LogP contribution in [0.5, 0.6) is 11.5 Å². The maximum atomic E-state index is 13.2. The van der Waals surface area contributed by atoms with Crippen molar-refractivity contribution >= 4 is 29.1 Å². The molecular formula is C26H30ClNO6. The van der Waals surface area contributed by atoms with Gasteiger partial charge in [0.2, 0.25) is 0 Å². The fourth-order valence-corrected chi connectivity index (χ4v) is 4.12. The summed E-state index contributed by atoms with van der Waals surface area (Å²) in [6, 6.07) is 11.1. The van der Waals surface area contributed by atoms with Gasteiger partial charge < -0.3 is 24.2 Å². The van der Waals surface area contributed by atoms with Crippen molar-refractivity contribution in [1.29, 1.82) is 0 Å². The molecule has 1 unspecified atom stereocenters. The zero-order valence-corrected chi connectivity index (χ0v) is 20.6. The second kappa shape index (κ2) is 11.4. The number of benzene rings is 2. The third kappa shape index (κ3) is 5.54. The van der Waals surface area contributed by atoms with Crippen LogP contribution in [0.3, 0.4) is 0 Å². The third-order valence-corrected chi connectivity index (χ3v) is 5.78. The Balaban J connectivity index is 2.10. The number of carbonyl (C=O) groups excluding carboxylic acids is 2. The molecule has 1 saturated heterocycles. The van der Waals surface area contributed by atoms with E-state index in [4.69, 9.17) is 25.8 Å². The van der Waals surface area contributed by atoms with E-state index in [2.05, 4.69) is 0 Å². The number of nitrogens with zero attached hydrogens (tertiary/aromatic N) is 1. The Labute approximate surface area is 204 Å². The first-order chi connectivity index (χ1) is 16.3. The van der Waals surface area contributed by atoms with Crippen molar-refractivity contribution in [3.05, 3.63) is 64.2 Å². The molecule has 34 heavy (non-hydrogen) atoms. The van der Waals surface area contributed by atoms with Gasteiger partial charge in [0.05, 0.1) is 36.5 Å². The Kier molecular flexibility index (Phi) is 8.58. The number of rotatable bonds is 10. The van der Waals surface area contributed by atoms with E-state index in [0.29, 0.717) is 36.7 Å². The van der Waals surface area contributed by atoms with E-state index in [-0.39, 0.29) is 34.6 Å². The largest absolute Gasteiger partial charge is 0.507 e. The third-order valence-electron chi connectivity index (χ3n) is 5.45. The minimum absolute atomic E-state index is 0.0291. The lowest BCUT2D eigenvalue weighted by atomic mass is 9.95. The number of hydrogen-bond donors (Lipinski definition) is 1. The van der Waals surface area contributed by atoms with Crippen LogP contribution >= 0.6 is 11.6 Å². The number of amides is 1. The summed E-state index contributed by atoms with van der Waals surface area (Å²) in [5, 5.41) is 11.5. The van der Waals surface area contributed by atoms with Crippen molar-refractivity contribution in [2.75, 3.05) is 26.9 Å². The molecule has 7 nitrogen and oxygen atoms in total. The van der Waals surface area contributed by atoms with E-state index < -0.39 is 17.7 Å². The number of aliphatic hydroxyl groups excluding tert-OH is 1. The van der Waals surface area contributed by atoms with Crippen LogP contribution in [0, 0.1) is 0 Å². The summed E-state index contributed by atoms with van der Waals surface area (Å²) in [5.74, 6) is -0.739. The number of carbonyl (C=O) groups is 2. The van der Waals surface area contributed by atoms with E-state index in [1.165, 1.54) is 12.0 Å². The molecule has 0 radical (unpaired) electrons. The number of ketones is 1. The van der Waals surface area contributed by atoms with Crippen molar-refractivity contribution in [3.63, 3.8) is 0 Å². The molecule has 0 aliphatic carbocycles. The molecule has 0 saturated carbocycles. The van der Waals surface area contributed by atoms with Gasteiger partial charge >= 0.3 is 0 Å². The molecule has 0 spiro atoms. The van der Waals surface area contributed by atoms with Crippen molar-refractivity contribution in [2.24, 2.45) is 0 Å². The topological polar surface area (TPSA) is 85.3 Å². The van der Waals surface area contributed by atoms with Crippen LogP contribution in [0.25, 0.3) is 5.76 Å². The maximum absolute atomic E-state index is 13.2. The molecule has 8 heteroatoms. The second-order valence-electron chi connectivity index (χ2n) is 8.12. The number of Topliss-reactive ketones (excluding diaryl/α,β-unsaturated/α-hetero) is 1. The van der Waals surface area contributed by atoms with Crippen LogP contribution in [0.2, 0.25) is 5.02 Å². The van der Waals surface area contributed by atoms with Gasteiger partial charge in [0.1, 0.15) is 17.3 Å². The molecule has 1 atom stereocenters. The molecule has 3 rings (SSSR count). The summed E-state index contributed by atoms with van der Waals surface area (Å²) >= 11 is 6.37. The maximum Gasteiger partial charge on any atom is 0.295 e. The van der Waals surface area contributed by atoms with Gasteiger partial charge in [-0.25, -0.2) is 0 Å². The standard InChI is InChI=1S/C26H30ClNO6/c1-5-33-19-10-11-21(27)20(15-19)24(29)22-23(17-8-6-9-18(14-17)32-4)28(26(31)25(22)30)12-7-13-34-16(2)3/h6,8-11,14-16,23,29H,5,7,12-13H2,1-4H3/b24-22+. The number of aliphatic hydroxyl groups is 1. The SMILES string of the molecule is CCOc1ccc(Cl)c(/C(O)=C2\C(=O)C(=O)N(CCCOC(C)C)C2c2cccc(OC)c2)c1. The lowest BCUT2D eigenvalue weighted by molar-refractivity contribution is -0.140. The highest BCUT2D eigenvalue weighted by Gasteiger charge is 2.46. The van der Waals surface area contributed by atoms with E-state index in [0.717, 1.165) is 0 Å². The molecule has 1 heterocycles. The first kappa shape index (κ1) is 25.6. The van der Waals surface area contributed by atoms with Crippen LogP contribution in [0.4, 0.5) is 0 Å². The Morgan fingerprint density at radius 3 is 2.59 bits per heavy atom. The number of methoxy groups -OCH3 is 1. The van der Waals surface area contributed by atoms with Crippen LogP contribution in [-0.4, -0.2) is 54.7 Å². The average molecular weight is 488 g/mol. The predicted molar refractivity (Wildman–Crippen MR) is 130 cm³/mol. The minimum atomic E-state index is -0.805. The minimum Gasteiger partial charge on any atom is -0.507 e. The van der Waals surface area contributed by atoms with Crippen LogP contribution in [0.15, 0.2) is 48.0 Å². The lowest BCUT2D eigenvalue weighted by Crippen LogP contribution is -2.31. The fraction of sp³-hybridized carbons (Fsp3) is 0.385. The van der Waals surface area contributed by atoms with Gasteiger partial charge in [0.15, 0.2) is 0 Å². The normalized spacial score (nSPS) is 17.5. The molecule has 1 amide bonds. The number of hydrogen-bond acceptors (Lipinski definition) is 6. The molecule has 1 aliphatic heterocycles. The summed E-state index contributed by atoms with van der Waals surface area (Å²) in [6.45, 7) is 6.85. The molecule has 1 fully saturated rings. The second-order valence-corrected chi connectivity index (χ2v) is 8.52. The Morgan fingerprint density at radius 1 is 1.15 bits per heavy atom. The van der Waals surface area contributed by atoms with Crippen LogP contribution in [0.1, 0.15) is 44.4 Å². The summed E-state index contributed by atoms with van der Waals surface area (Å²) in [4.78, 5) is 27.7. The highest BCUT2D eigenvalue weighted by Crippen LogP contribution is 2.41. The summed E-state index contributed by atoms with van der Waals surface area (Å²) in [6.07, 6.45) is 0.594. The molecule has 1 N–H and O–H groups in total. The van der Waals surface area contributed by atoms with Crippen molar-refractivity contribution < 1.29 is 28.9 Å². The Bertz CT molecular complexity index is 1080. The Hall–Kier alpha value is -3.03. The van der Waals surface area contributed by atoms with Gasteiger partial charge in [-0.2, -0.15) is 0 Å². The van der Waals surface area contributed by atoms with Crippen LogP contribution < -0.4 is 9.47 Å². The van der Waals surface area contributed by atoms with E-state index in [1.54, 1.807) is 42.5 Å². The first-order valence-corrected chi connectivity index (χ1v) is 11.6. The van der Waals surface area contributed by atoms with Crippen LogP contribution in [-0.2, 0) is 14.3 Å². The monoisotopic (exact) mass is 487 g/mol. The van der Waals surface area contributed by atoms with Gasteiger partial charge in [0, 0.05) is 18.7 Å². The fourth-order valence-electron chi connectivity index (χ4n) is 3.91. The number of ether oxygens (including phenoxy) is 3. The van der Waals surface area contributed by atoms with Crippen molar-refractivity contribution in [1.82, 2.24) is 4.90 Å². The predicted octanol–water partition coefficient (Wildman–Crippen LogP) is 4.98.